The topological polar surface area (TPSA) is 46.3 Å². The molecule has 120 valence electrons. The fraction of sp³-hybridized carbons (Fsp3) is 0.722. The van der Waals surface area contributed by atoms with Crippen LogP contribution in [0.4, 0.5) is 0 Å². The maximum absolute atomic E-state index is 12.9. The first-order valence-electron chi connectivity index (χ1n) is 8.89. The summed E-state index contributed by atoms with van der Waals surface area (Å²) in [6.07, 6.45) is 9.92. The first-order chi connectivity index (χ1) is 10.7. The molecule has 1 aromatic rings. The third-order valence-corrected chi connectivity index (χ3v) is 7.13. The van der Waals surface area contributed by atoms with Gasteiger partial charge >= 0.3 is 0 Å². The average Bonchev–Trinajstić information content (AvgIpc) is 3.15. The summed E-state index contributed by atoms with van der Waals surface area (Å²) in [7, 11) is 0. The number of thiophene rings is 1. The lowest BCUT2D eigenvalue weighted by atomic mass is 9.98. The van der Waals surface area contributed by atoms with E-state index in [1.54, 1.807) is 11.3 Å². The molecule has 0 spiro atoms. The number of amides is 1. The van der Waals surface area contributed by atoms with Crippen LogP contribution in [0, 0.1) is 11.8 Å². The van der Waals surface area contributed by atoms with E-state index in [1.165, 1.54) is 49.0 Å². The molecule has 2 aliphatic carbocycles. The molecule has 1 saturated heterocycles. The number of nitrogens with zero attached hydrogens (tertiary/aromatic N) is 1. The maximum atomic E-state index is 12.9. The van der Waals surface area contributed by atoms with E-state index >= 15 is 0 Å². The largest absolute Gasteiger partial charge is 0.337 e. The summed E-state index contributed by atoms with van der Waals surface area (Å²) in [6.45, 7) is 1.81. The van der Waals surface area contributed by atoms with Crippen molar-refractivity contribution in [2.75, 3.05) is 13.1 Å². The Morgan fingerprint density at radius 1 is 1.14 bits per heavy atom. The Morgan fingerprint density at radius 2 is 1.95 bits per heavy atom. The van der Waals surface area contributed by atoms with E-state index in [4.69, 9.17) is 5.73 Å². The lowest BCUT2D eigenvalue weighted by Gasteiger charge is -2.17. The van der Waals surface area contributed by atoms with Crippen molar-refractivity contribution < 1.29 is 4.79 Å². The highest BCUT2D eigenvalue weighted by molar-refractivity contribution is 7.14. The molecule has 0 bridgehead atoms. The van der Waals surface area contributed by atoms with E-state index in [2.05, 4.69) is 11.0 Å². The lowest BCUT2D eigenvalue weighted by molar-refractivity contribution is 0.0784. The Hall–Kier alpha value is -0.870. The highest BCUT2D eigenvalue weighted by atomic mass is 32.1. The Kier molecular flexibility index (Phi) is 3.99. The van der Waals surface area contributed by atoms with Crippen LogP contribution in [0.15, 0.2) is 6.07 Å². The van der Waals surface area contributed by atoms with E-state index < -0.39 is 0 Å². The van der Waals surface area contributed by atoms with Crippen LogP contribution in [0.2, 0.25) is 0 Å². The van der Waals surface area contributed by atoms with Crippen LogP contribution in [0.25, 0.3) is 0 Å². The van der Waals surface area contributed by atoms with Gasteiger partial charge in [-0.3, -0.25) is 4.79 Å². The molecule has 3 nitrogen and oxygen atoms in total. The van der Waals surface area contributed by atoms with Crippen LogP contribution >= 0.6 is 11.3 Å². The van der Waals surface area contributed by atoms with Gasteiger partial charge in [-0.25, -0.2) is 0 Å². The lowest BCUT2D eigenvalue weighted by Crippen LogP contribution is -2.33. The molecule has 1 aliphatic heterocycles. The standard InChI is InChI=1S/C18H26N2OS/c19-15-8-7-13-10-20(11-14(13)15)18(21)17-9-12-5-3-1-2-4-6-16(12)22-17/h9,13-15H,1-8,10-11,19H2. The number of carbonyl (C=O) groups is 1. The number of hydrogen-bond donors (Lipinski definition) is 1. The van der Waals surface area contributed by atoms with Crippen LogP contribution in [-0.4, -0.2) is 29.9 Å². The number of aryl methyl sites for hydroxylation is 2. The molecule has 0 aromatic carbocycles. The van der Waals surface area contributed by atoms with Crippen LogP contribution < -0.4 is 5.73 Å². The van der Waals surface area contributed by atoms with Gasteiger partial charge in [-0.2, -0.15) is 0 Å². The molecule has 1 aromatic heterocycles. The van der Waals surface area contributed by atoms with Gasteiger partial charge in [0.15, 0.2) is 0 Å². The summed E-state index contributed by atoms with van der Waals surface area (Å²) in [6, 6.07) is 2.51. The zero-order valence-electron chi connectivity index (χ0n) is 13.2. The van der Waals surface area contributed by atoms with Gasteiger partial charge in [-0.15, -0.1) is 11.3 Å². The number of fused-ring (bicyclic) bond motifs is 2. The van der Waals surface area contributed by atoms with Crippen LogP contribution in [0.3, 0.4) is 0 Å². The van der Waals surface area contributed by atoms with Crippen LogP contribution in [-0.2, 0) is 12.8 Å². The molecule has 0 radical (unpaired) electrons. The molecular weight excluding hydrogens is 292 g/mol. The van der Waals surface area contributed by atoms with Gasteiger partial charge < -0.3 is 10.6 Å². The third kappa shape index (κ3) is 2.61. The monoisotopic (exact) mass is 318 g/mol. The molecule has 2 N–H and O–H groups in total. The predicted octanol–water partition coefficient (Wildman–Crippen LogP) is 3.22. The van der Waals surface area contributed by atoms with Crippen molar-refractivity contribution in [3.8, 4) is 0 Å². The Bertz CT molecular complexity index is 542. The summed E-state index contributed by atoms with van der Waals surface area (Å²) in [5.74, 6) is 1.46. The zero-order chi connectivity index (χ0) is 15.1. The van der Waals surface area contributed by atoms with Gasteiger partial charge in [0, 0.05) is 24.0 Å². The first kappa shape index (κ1) is 14.7. The summed E-state index contributed by atoms with van der Waals surface area (Å²) in [5, 5.41) is 0. The molecule has 3 unspecified atom stereocenters. The summed E-state index contributed by atoms with van der Waals surface area (Å²) >= 11 is 1.76. The molecule has 2 fully saturated rings. The fourth-order valence-electron chi connectivity index (χ4n) is 4.58. The van der Waals surface area contributed by atoms with Crippen molar-refractivity contribution in [3.05, 3.63) is 21.4 Å². The van der Waals surface area contributed by atoms with Gasteiger partial charge in [0.25, 0.3) is 5.91 Å². The van der Waals surface area contributed by atoms with Gasteiger partial charge in [-0.1, -0.05) is 12.8 Å². The summed E-state index contributed by atoms with van der Waals surface area (Å²) in [5.41, 5.74) is 7.65. The second-order valence-corrected chi connectivity index (χ2v) is 8.49. The second-order valence-electron chi connectivity index (χ2n) is 7.35. The number of nitrogens with two attached hydrogens (primary N) is 1. The van der Waals surface area contributed by atoms with Crippen molar-refractivity contribution in [1.82, 2.24) is 4.90 Å². The SMILES string of the molecule is NC1CCC2CN(C(=O)c3cc4c(s3)CCCCCC4)CC12. The van der Waals surface area contributed by atoms with Crippen LogP contribution in [0.5, 0.6) is 0 Å². The van der Waals surface area contributed by atoms with Gasteiger partial charge in [-0.05, 0) is 62.0 Å². The van der Waals surface area contributed by atoms with Crippen LogP contribution in [0.1, 0.15) is 58.6 Å². The number of likely N-dealkylation sites (tertiary alicyclic amines) is 1. The van der Waals surface area contributed by atoms with E-state index in [0.29, 0.717) is 17.9 Å². The van der Waals surface area contributed by atoms with E-state index in [0.717, 1.165) is 30.8 Å². The van der Waals surface area contributed by atoms with Crippen molar-refractivity contribution in [2.45, 2.75) is 57.4 Å². The number of hydrogen-bond acceptors (Lipinski definition) is 3. The molecule has 3 aliphatic rings. The number of rotatable bonds is 1. The molecular formula is C18H26N2OS. The molecule has 22 heavy (non-hydrogen) atoms. The Labute approximate surface area is 136 Å². The second kappa shape index (κ2) is 5.97. The molecule has 1 amide bonds. The predicted molar refractivity (Wildman–Crippen MR) is 90.3 cm³/mol. The van der Waals surface area contributed by atoms with Crippen molar-refractivity contribution in [2.24, 2.45) is 17.6 Å². The maximum Gasteiger partial charge on any atom is 0.263 e. The van der Waals surface area contributed by atoms with E-state index in [-0.39, 0.29) is 5.91 Å². The Morgan fingerprint density at radius 3 is 2.77 bits per heavy atom. The normalized spacial score (nSPS) is 31.5. The molecule has 1 saturated carbocycles. The van der Waals surface area contributed by atoms with E-state index in [9.17, 15) is 4.79 Å². The van der Waals surface area contributed by atoms with Gasteiger partial charge in [0.2, 0.25) is 0 Å². The smallest absolute Gasteiger partial charge is 0.263 e. The van der Waals surface area contributed by atoms with Crippen molar-refractivity contribution in [1.29, 1.82) is 0 Å². The zero-order valence-corrected chi connectivity index (χ0v) is 14.0. The highest BCUT2D eigenvalue weighted by Crippen LogP contribution is 2.38. The minimum absolute atomic E-state index is 0.262. The third-order valence-electron chi connectivity index (χ3n) is 5.91. The molecule has 4 heteroatoms. The minimum atomic E-state index is 0.262. The quantitative estimate of drug-likeness (QED) is 0.864. The Balaban J connectivity index is 1.50. The molecule has 2 heterocycles. The molecule has 3 atom stereocenters. The fourth-order valence-corrected chi connectivity index (χ4v) is 5.80. The number of carbonyl (C=O) groups excluding carboxylic acids is 1. The first-order valence-corrected chi connectivity index (χ1v) is 9.70. The van der Waals surface area contributed by atoms with Gasteiger partial charge in [0.05, 0.1) is 4.88 Å². The summed E-state index contributed by atoms with van der Waals surface area (Å²) in [4.78, 5) is 17.4. The molecule has 4 rings (SSSR count). The van der Waals surface area contributed by atoms with Gasteiger partial charge in [0.1, 0.15) is 0 Å². The average molecular weight is 318 g/mol. The highest BCUT2D eigenvalue weighted by Gasteiger charge is 2.42. The van der Waals surface area contributed by atoms with E-state index in [1.807, 2.05) is 0 Å². The minimum Gasteiger partial charge on any atom is -0.337 e. The van der Waals surface area contributed by atoms with Crippen molar-refractivity contribution >= 4 is 17.2 Å². The van der Waals surface area contributed by atoms with Crippen molar-refractivity contribution in [3.63, 3.8) is 0 Å². The summed E-state index contributed by atoms with van der Waals surface area (Å²) < 4.78 is 0.